The van der Waals surface area contributed by atoms with Crippen molar-refractivity contribution >= 4 is 34.8 Å². The first kappa shape index (κ1) is 22.3. The van der Waals surface area contributed by atoms with Crippen LogP contribution in [0.3, 0.4) is 0 Å². The Balaban J connectivity index is 1.32. The molecule has 1 fully saturated rings. The van der Waals surface area contributed by atoms with Crippen molar-refractivity contribution in [2.45, 2.75) is 22.6 Å². The number of imidazole rings is 1. The zero-order chi connectivity index (χ0) is 23.5. The van der Waals surface area contributed by atoms with Crippen molar-refractivity contribution in [3.63, 3.8) is 0 Å². The van der Waals surface area contributed by atoms with Crippen molar-refractivity contribution in [1.82, 2.24) is 29.9 Å². The highest BCUT2D eigenvalue weighted by molar-refractivity contribution is 7.99. The van der Waals surface area contributed by atoms with E-state index in [9.17, 15) is 13.2 Å². The molecule has 176 valence electrons. The molecule has 1 aliphatic rings. The number of hydrogen-bond acceptors (Lipinski definition) is 9. The van der Waals surface area contributed by atoms with Crippen molar-refractivity contribution in [3.05, 3.63) is 54.1 Å². The van der Waals surface area contributed by atoms with Crippen LogP contribution in [0.2, 0.25) is 0 Å². The molecule has 0 atom stereocenters. The van der Waals surface area contributed by atoms with Crippen LogP contribution < -0.4 is 10.2 Å². The molecule has 1 saturated heterocycles. The number of aromatic amines is 1. The summed E-state index contributed by atoms with van der Waals surface area (Å²) in [6.07, 6.45) is -0.294. The van der Waals surface area contributed by atoms with E-state index in [2.05, 4.69) is 40.1 Å². The number of anilines is 2. The van der Waals surface area contributed by atoms with Gasteiger partial charge in [0.15, 0.2) is 17.0 Å². The number of pyridine rings is 2. The number of nitrogens with zero attached hydrogens (tertiary/aromatic N) is 6. The molecule has 5 heterocycles. The number of H-pyrrole nitrogens is 1. The zero-order valence-electron chi connectivity index (χ0n) is 17.7. The minimum atomic E-state index is -4.56. The number of aromatic nitrogens is 6. The Labute approximate surface area is 196 Å². The summed E-state index contributed by atoms with van der Waals surface area (Å²) in [6.45, 7) is 3.33. The van der Waals surface area contributed by atoms with E-state index in [-0.39, 0.29) is 4.90 Å². The van der Waals surface area contributed by atoms with Crippen LogP contribution in [0.4, 0.5) is 24.9 Å². The quantitative estimate of drug-likeness (QED) is 0.420. The summed E-state index contributed by atoms with van der Waals surface area (Å²) in [5.41, 5.74) is 0.762. The first-order valence-corrected chi connectivity index (χ1v) is 11.2. The molecule has 0 aromatic carbocycles. The molecule has 0 bridgehead atoms. The van der Waals surface area contributed by atoms with Crippen LogP contribution in [0.25, 0.3) is 11.3 Å². The lowest BCUT2D eigenvalue weighted by atomic mass is 10.2. The van der Waals surface area contributed by atoms with Crippen molar-refractivity contribution in [3.8, 4) is 0 Å². The highest BCUT2D eigenvalue weighted by atomic mass is 32.2. The Kier molecular flexibility index (Phi) is 6.20. The van der Waals surface area contributed by atoms with Gasteiger partial charge in [0, 0.05) is 42.5 Å². The molecule has 2 N–H and O–H groups in total. The average Bonchev–Trinajstić information content (AvgIpc) is 3.25. The normalized spacial score (nSPS) is 14.5. The largest absolute Gasteiger partial charge is 0.434 e. The maximum Gasteiger partial charge on any atom is 0.434 e. The van der Waals surface area contributed by atoms with E-state index in [1.807, 2.05) is 12.1 Å². The lowest BCUT2D eigenvalue weighted by Gasteiger charge is -2.29. The van der Waals surface area contributed by atoms with Gasteiger partial charge < -0.3 is 19.9 Å². The Morgan fingerprint density at radius 3 is 2.68 bits per heavy atom. The first-order chi connectivity index (χ1) is 16.5. The van der Waals surface area contributed by atoms with Crippen molar-refractivity contribution in [1.29, 1.82) is 0 Å². The van der Waals surface area contributed by atoms with E-state index in [0.29, 0.717) is 42.0 Å². The maximum atomic E-state index is 13.2. The maximum absolute atomic E-state index is 13.2. The Hall–Kier alpha value is -3.45. The second kappa shape index (κ2) is 9.43. The highest BCUT2D eigenvalue weighted by Gasteiger charge is 2.35. The average molecular weight is 488 g/mol. The van der Waals surface area contributed by atoms with Crippen LogP contribution in [-0.4, -0.2) is 56.2 Å². The van der Waals surface area contributed by atoms with E-state index in [0.717, 1.165) is 42.4 Å². The summed E-state index contributed by atoms with van der Waals surface area (Å²) >= 11 is 0.845. The van der Waals surface area contributed by atoms with Gasteiger partial charge in [0.2, 0.25) is 5.95 Å². The molecule has 0 saturated carbocycles. The van der Waals surface area contributed by atoms with Crippen LogP contribution in [0, 0.1) is 0 Å². The van der Waals surface area contributed by atoms with Gasteiger partial charge in [-0.3, -0.25) is 4.98 Å². The molecule has 5 rings (SSSR count). The van der Waals surface area contributed by atoms with Crippen molar-refractivity contribution < 1.29 is 17.9 Å². The number of fused-ring (bicyclic) bond motifs is 1. The van der Waals surface area contributed by atoms with Gasteiger partial charge >= 0.3 is 6.18 Å². The van der Waals surface area contributed by atoms with Crippen LogP contribution in [-0.2, 0) is 17.5 Å². The molecule has 9 nitrogen and oxygen atoms in total. The number of ether oxygens (including phenoxy) is 1. The van der Waals surface area contributed by atoms with E-state index in [1.165, 1.54) is 18.3 Å². The van der Waals surface area contributed by atoms with Gasteiger partial charge in [0.05, 0.1) is 19.4 Å². The molecule has 4 aromatic rings. The Morgan fingerprint density at radius 2 is 1.85 bits per heavy atom. The topological polar surface area (TPSA) is 105 Å². The van der Waals surface area contributed by atoms with Gasteiger partial charge in [0.1, 0.15) is 10.8 Å². The second-order valence-corrected chi connectivity index (χ2v) is 8.42. The summed E-state index contributed by atoms with van der Waals surface area (Å²) in [6, 6.07) is 6.67. The van der Waals surface area contributed by atoms with Gasteiger partial charge in [0.25, 0.3) is 0 Å². The van der Waals surface area contributed by atoms with Crippen LogP contribution in [0.5, 0.6) is 0 Å². The van der Waals surface area contributed by atoms with Crippen LogP contribution in [0.15, 0.2) is 52.8 Å². The number of morpholine rings is 1. The monoisotopic (exact) mass is 488 g/mol. The fraction of sp³-hybridized carbons (Fsp3) is 0.286. The third kappa shape index (κ3) is 4.89. The molecule has 0 radical (unpaired) electrons. The third-order valence-corrected chi connectivity index (χ3v) is 6.02. The van der Waals surface area contributed by atoms with E-state index in [1.54, 1.807) is 6.20 Å². The smallest absolute Gasteiger partial charge is 0.378 e. The predicted octanol–water partition coefficient (Wildman–Crippen LogP) is 3.76. The Bertz CT molecular complexity index is 1290. The lowest BCUT2D eigenvalue weighted by molar-refractivity contribution is -0.143. The molecule has 4 aromatic heterocycles. The van der Waals surface area contributed by atoms with Crippen LogP contribution >= 0.6 is 11.8 Å². The molecular weight excluding hydrogens is 469 g/mol. The molecule has 0 spiro atoms. The van der Waals surface area contributed by atoms with Crippen LogP contribution in [0.1, 0.15) is 11.3 Å². The summed E-state index contributed by atoms with van der Waals surface area (Å²) in [5.74, 6) is 1.34. The highest BCUT2D eigenvalue weighted by Crippen LogP contribution is 2.37. The minimum absolute atomic E-state index is 0.0475. The van der Waals surface area contributed by atoms with Gasteiger partial charge in [-0.25, -0.2) is 15.0 Å². The lowest BCUT2D eigenvalue weighted by Crippen LogP contribution is -2.37. The first-order valence-electron chi connectivity index (χ1n) is 10.4. The number of nitrogens with one attached hydrogen (secondary N) is 2. The van der Waals surface area contributed by atoms with Gasteiger partial charge in [-0.1, -0.05) is 17.8 Å². The standard InChI is InChI=1S/C21H19F3N8OS/c22-21(23,24)16-14(4-2-5-25-16)34-15-12-27-17-18(29-15)31-20(30-17)28-11-13-3-1-6-26-19(13)32-7-9-33-10-8-32/h1-6,12H,7-11H2,(H2,27,28,29,30,31). The van der Waals surface area contributed by atoms with E-state index < -0.39 is 11.9 Å². The molecule has 0 amide bonds. The second-order valence-electron chi connectivity index (χ2n) is 7.35. The molecule has 34 heavy (non-hydrogen) atoms. The zero-order valence-corrected chi connectivity index (χ0v) is 18.5. The van der Waals surface area contributed by atoms with Gasteiger partial charge in [-0.2, -0.15) is 18.2 Å². The number of alkyl halides is 3. The van der Waals surface area contributed by atoms with Crippen molar-refractivity contribution in [2.24, 2.45) is 0 Å². The third-order valence-electron chi connectivity index (χ3n) is 5.06. The fourth-order valence-electron chi connectivity index (χ4n) is 3.52. The number of hydrogen-bond donors (Lipinski definition) is 2. The number of rotatable bonds is 6. The SMILES string of the molecule is FC(F)(F)c1ncccc1Sc1cnc2nc(NCc3cccnc3N3CCOCC3)[nH]c2n1. The fourth-order valence-corrected chi connectivity index (χ4v) is 4.40. The summed E-state index contributed by atoms with van der Waals surface area (Å²) in [4.78, 5) is 26.1. The minimum Gasteiger partial charge on any atom is -0.378 e. The van der Waals surface area contributed by atoms with E-state index in [4.69, 9.17) is 4.74 Å². The van der Waals surface area contributed by atoms with Gasteiger partial charge in [-0.15, -0.1) is 0 Å². The molecule has 0 aliphatic carbocycles. The van der Waals surface area contributed by atoms with Crippen molar-refractivity contribution in [2.75, 3.05) is 36.5 Å². The Morgan fingerprint density at radius 1 is 1.06 bits per heavy atom. The van der Waals surface area contributed by atoms with E-state index >= 15 is 0 Å². The summed E-state index contributed by atoms with van der Waals surface area (Å²) in [5, 5.41) is 3.51. The number of halogens is 3. The summed E-state index contributed by atoms with van der Waals surface area (Å²) < 4.78 is 45.1. The van der Waals surface area contributed by atoms with Gasteiger partial charge in [-0.05, 0) is 18.2 Å². The molecule has 13 heteroatoms. The molecule has 0 unspecified atom stereocenters. The summed E-state index contributed by atoms with van der Waals surface area (Å²) in [7, 11) is 0. The molecular formula is C21H19F3N8OS. The predicted molar refractivity (Wildman–Crippen MR) is 120 cm³/mol. The molecule has 1 aliphatic heterocycles.